The third-order valence-corrected chi connectivity index (χ3v) is 3.40. The van der Waals surface area contributed by atoms with Crippen molar-refractivity contribution in [3.63, 3.8) is 0 Å². The van der Waals surface area contributed by atoms with Crippen molar-refractivity contribution in [2.24, 2.45) is 0 Å². The number of rotatable bonds is 0. The molecule has 5 heteroatoms. The molecule has 2 aliphatic rings. The molecule has 1 saturated heterocycles. The van der Waals surface area contributed by atoms with Crippen LogP contribution in [0.2, 0.25) is 0 Å². The Bertz CT molecular complexity index is 478. The molecule has 90 valence electrons. The minimum atomic E-state index is -0.386. The molecule has 0 bridgehead atoms. The van der Waals surface area contributed by atoms with Gasteiger partial charge in [0.15, 0.2) is 0 Å². The summed E-state index contributed by atoms with van der Waals surface area (Å²) in [6, 6.07) is 4.06. The maximum atomic E-state index is 13.2. The van der Waals surface area contributed by atoms with E-state index in [9.17, 15) is 9.18 Å². The van der Waals surface area contributed by atoms with Crippen LogP contribution >= 0.6 is 0 Å². The molecule has 4 nitrogen and oxygen atoms in total. The van der Waals surface area contributed by atoms with E-state index in [1.807, 2.05) is 0 Å². The summed E-state index contributed by atoms with van der Waals surface area (Å²) in [6.07, 6.45) is -0.105. The first-order chi connectivity index (χ1) is 8.16. The minimum absolute atomic E-state index is 0.0120. The topological polar surface area (TPSA) is 41.6 Å². The largest absolute Gasteiger partial charge is 0.486 e. The Morgan fingerprint density at radius 1 is 1.47 bits per heavy atom. The van der Waals surface area contributed by atoms with Crippen molar-refractivity contribution < 1.29 is 13.9 Å². The van der Waals surface area contributed by atoms with Gasteiger partial charge < -0.3 is 15.0 Å². The molecule has 1 aromatic rings. The first-order valence-corrected chi connectivity index (χ1v) is 5.61. The van der Waals surface area contributed by atoms with Gasteiger partial charge in [0.05, 0.1) is 11.6 Å². The van der Waals surface area contributed by atoms with Gasteiger partial charge in [-0.2, -0.15) is 0 Å². The third kappa shape index (κ3) is 1.58. The van der Waals surface area contributed by atoms with Crippen molar-refractivity contribution in [3.8, 4) is 5.75 Å². The van der Waals surface area contributed by atoms with Crippen LogP contribution in [-0.2, 0) is 0 Å². The van der Waals surface area contributed by atoms with E-state index in [1.165, 1.54) is 18.2 Å². The molecule has 0 unspecified atom stereocenters. The average Bonchev–Trinajstić information content (AvgIpc) is 2.72. The Hall–Kier alpha value is -1.62. The lowest BCUT2D eigenvalue weighted by atomic mass is 10.1. The number of halogens is 1. The third-order valence-electron chi connectivity index (χ3n) is 3.40. The molecular weight excluding hydrogens is 223 g/mol. The highest BCUT2D eigenvalue weighted by Crippen LogP contribution is 2.29. The second-order valence-corrected chi connectivity index (χ2v) is 4.44. The molecule has 1 amide bonds. The van der Waals surface area contributed by atoms with Gasteiger partial charge in [0.1, 0.15) is 17.7 Å². The molecule has 2 aliphatic heterocycles. The lowest BCUT2D eigenvalue weighted by Gasteiger charge is -2.24. The molecule has 1 fully saturated rings. The van der Waals surface area contributed by atoms with Crippen LogP contribution in [0.3, 0.4) is 0 Å². The second kappa shape index (κ2) is 3.70. The first kappa shape index (κ1) is 10.5. The number of ether oxygens (including phenoxy) is 1. The van der Waals surface area contributed by atoms with Crippen LogP contribution < -0.4 is 10.1 Å². The van der Waals surface area contributed by atoms with E-state index in [4.69, 9.17) is 4.74 Å². The lowest BCUT2D eigenvalue weighted by molar-refractivity contribution is 0.0683. The number of benzene rings is 1. The molecular formula is C12H13FN2O2. The smallest absolute Gasteiger partial charge is 0.257 e. The second-order valence-electron chi connectivity index (χ2n) is 4.44. The van der Waals surface area contributed by atoms with E-state index in [-0.39, 0.29) is 23.9 Å². The van der Waals surface area contributed by atoms with Crippen LogP contribution in [0.25, 0.3) is 0 Å². The Morgan fingerprint density at radius 3 is 3.12 bits per heavy atom. The lowest BCUT2D eigenvalue weighted by Crippen LogP contribution is -2.44. The van der Waals surface area contributed by atoms with Gasteiger partial charge in [-0.15, -0.1) is 0 Å². The van der Waals surface area contributed by atoms with Crippen molar-refractivity contribution in [1.82, 2.24) is 10.2 Å². The van der Waals surface area contributed by atoms with Crippen LogP contribution in [0.5, 0.6) is 5.75 Å². The van der Waals surface area contributed by atoms with E-state index in [1.54, 1.807) is 11.9 Å². The summed E-state index contributed by atoms with van der Waals surface area (Å²) < 4.78 is 18.9. The van der Waals surface area contributed by atoms with Crippen molar-refractivity contribution in [2.45, 2.75) is 12.1 Å². The van der Waals surface area contributed by atoms with Crippen LogP contribution in [0.4, 0.5) is 4.39 Å². The number of amides is 1. The number of nitrogens with one attached hydrogen (secondary N) is 1. The number of hydrogen-bond donors (Lipinski definition) is 1. The number of fused-ring (bicyclic) bond motifs is 2. The van der Waals surface area contributed by atoms with Crippen LogP contribution in [0, 0.1) is 5.82 Å². The van der Waals surface area contributed by atoms with Crippen LogP contribution in [0.15, 0.2) is 18.2 Å². The zero-order valence-electron chi connectivity index (χ0n) is 9.44. The molecule has 1 aromatic carbocycles. The van der Waals surface area contributed by atoms with Gasteiger partial charge in [-0.25, -0.2) is 4.39 Å². The van der Waals surface area contributed by atoms with E-state index < -0.39 is 0 Å². The monoisotopic (exact) mass is 236 g/mol. The Labute approximate surface area is 98.4 Å². The number of hydrogen-bond acceptors (Lipinski definition) is 3. The fourth-order valence-electron chi connectivity index (χ4n) is 2.42. The van der Waals surface area contributed by atoms with Crippen LogP contribution in [-0.4, -0.2) is 43.1 Å². The minimum Gasteiger partial charge on any atom is -0.486 e. The zero-order chi connectivity index (χ0) is 12.0. The van der Waals surface area contributed by atoms with Gasteiger partial charge >= 0.3 is 0 Å². The summed E-state index contributed by atoms with van der Waals surface area (Å²) in [7, 11) is 1.76. The van der Waals surface area contributed by atoms with E-state index in [0.29, 0.717) is 24.4 Å². The summed E-state index contributed by atoms with van der Waals surface area (Å²) in [4.78, 5) is 13.9. The molecule has 0 aromatic heterocycles. The number of likely N-dealkylation sites (N-methyl/N-ethyl adjacent to an activating group) is 1. The molecule has 0 spiro atoms. The number of nitrogens with zero attached hydrogens (tertiary/aromatic N) is 1. The van der Waals surface area contributed by atoms with Gasteiger partial charge in [-0.3, -0.25) is 4.79 Å². The quantitative estimate of drug-likeness (QED) is 0.718. The molecule has 0 aliphatic carbocycles. The SMILES string of the molecule is CN1C(=O)c2ccc(F)cc2O[C@@H]2CNC[C@@H]21. The molecule has 3 rings (SSSR count). The molecule has 2 atom stereocenters. The molecule has 0 radical (unpaired) electrons. The van der Waals surface area contributed by atoms with Gasteiger partial charge in [0, 0.05) is 26.2 Å². The molecule has 0 saturated carbocycles. The van der Waals surface area contributed by atoms with E-state index >= 15 is 0 Å². The standard InChI is InChI=1S/C12H13FN2O2/c1-15-9-5-14-6-11(9)17-10-4-7(13)2-3-8(10)12(15)16/h2-4,9,11,14H,5-6H2,1H3/t9-,11+/m0/s1. The highest BCUT2D eigenvalue weighted by atomic mass is 19.1. The number of carbonyl (C=O) groups is 1. The maximum Gasteiger partial charge on any atom is 0.257 e. The van der Waals surface area contributed by atoms with E-state index in [2.05, 4.69) is 5.32 Å². The van der Waals surface area contributed by atoms with E-state index in [0.717, 1.165) is 0 Å². The predicted octanol–water partition coefficient (Wildman–Crippen LogP) is 0.631. The Morgan fingerprint density at radius 2 is 2.29 bits per heavy atom. The van der Waals surface area contributed by atoms with Gasteiger partial charge in [-0.1, -0.05) is 0 Å². The summed E-state index contributed by atoms with van der Waals surface area (Å²) in [6.45, 7) is 1.39. The van der Waals surface area contributed by atoms with Crippen LogP contribution in [0.1, 0.15) is 10.4 Å². The fraction of sp³-hybridized carbons (Fsp3) is 0.417. The van der Waals surface area contributed by atoms with Crippen molar-refractivity contribution in [2.75, 3.05) is 20.1 Å². The highest BCUT2D eigenvalue weighted by molar-refractivity contribution is 5.97. The van der Waals surface area contributed by atoms with Gasteiger partial charge in [0.2, 0.25) is 0 Å². The molecule has 2 heterocycles. The number of carbonyl (C=O) groups excluding carboxylic acids is 1. The van der Waals surface area contributed by atoms with Crippen molar-refractivity contribution >= 4 is 5.91 Å². The summed E-state index contributed by atoms with van der Waals surface area (Å²) in [5.74, 6) is -0.155. The maximum absolute atomic E-state index is 13.2. The Kier molecular flexibility index (Phi) is 2.29. The highest BCUT2D eigenvalue weighted by Gasteiger charge is 2.38. The van der Waals surface area contributed by atoms with Gasteiger partial charge in [-0.05, 0) is 12.1 Å². The van der Waals surface area contributed by atoms with Crippen molar-refractivity contribution in [1.29, 1.82) is 0 Å². The first-order valence-electron chi connectivity index (χ1n) is 5.61. The molecule has 17 heavy (non-hydrogen) atoms. The normalized spacial score (nSPS) is 27.2. The van der Waals surface area contributed by atoms with Gasteiger partial charge in [0.25, 0.3) is 5.91 Å². The van der Waals surface area contributed by atoms with Crippen molar-refractivity contribution in [3.05, 3.63) is 29.6 Å². The predicted molar refractivity (Wildman–Crippen MR) is 59.6 cm³/mol. The summed E-state index contributed by atoms with van der Waals surface area (Å²) >= 11 is 0. The average molecular weight is 236 g/mol. The summed E-state index contributed by atoms with van der Waals surface area (Å²) in [5, 5.41) is 3.18. The Balaban J connectivity index is 2.08. The summed E-state index contributed by atoms with van der Waals surface area (Å²) in [5.41, 5.74) is 0.434. The zero-order valence-corrected chi connectivity index (χ0v) is 9.44. The molecule has 1 N–H and O–H groups in total. The fourth-order valence-corrected chi connectivity index (χ4v) is 2.42.